The summed E-state index contributed by atoms with van der Waals surface area (Å²) >= 11 is 1.71. The van der Waals surface area contributed by atoms with E-state index in [4.69, 9.17) is 0 Å². The van der Waals surface area contributed by atoms with Crippen molar-refractivity contribution < 1.29 is 0 Å². The number of benzene rings is 1. The Balaban J connectivity index is 1.68. The van der Waals surface area contributed by atoms with Crippen LogP contribution in [0.25, 0.3) is 10.9 Å². The minimum atomic E-state index is 0.876. The number of nitrogens with one attached hydrogen (secondary N) is 2. The standard InChI is InChI=1S/C14H15N3S/c1-10-14(18-9-17-10)8-15-6-11-7-16-13-5-3-2-4-12(11)13/h2-5,7,9,15-16H,6,8H2,1H3. The maximum atomic E-state index is 4.25. The van der Waals surface area contributed by atoms with E-state index < -0.39 is 0 Å². The lowest BCUT2D eigenvalue weighted by atomic mass is 10.2. The first-order chi connectivity index (χ1) is 8.84. The van der Waals surface area contributed by atoms with E-state index in [9.17, 15) is 0 Å². The average Bonchev–Trinajstić information content (AvgIpc) is 2.97. The lowest BCUT2D eigenvalue weighted by Gasteiger charge is -2.02. The normalized spacial score (nSPS) is 11.2. The molecule has 0 aliphatic heterocycles. The van der Waals surface area contributed by atoms with E-state index in [1.165, 1.54) is 21.3 Å². The van der Waals surface area contributed by atoms with Gasteiger partial charge in [0.05, 0.1) is 11.2 Å². The van der Waals surface area contributed by atoms with Gasteiger partial charge in [0.2, 0.25) is 0 Å². The molecule has 0 aliphatic rings. The van der Waals surface area contributed by atoms with Crippen molar-refractivity contribution in [3.63, 3.8) is 0 Å². The lowest BCUT2D eigenvalue weighted by Crippen LogP contribution is -2.12. The van der Waals surface area contributed by atoms with Crippen molar-refractivity contribution in [2.24, 2.45) is 0 Å². The summed E-state index contributed by atoms with van der Waals surface area (Å²) in [6.07, 6.45) is 2.08. The first-order valence-corrected chi connectivity index (χ1v) is 6.87. The molecule has 0 aliphatic carbocycles. The van der Waals surface area contributed by atoms with Gasteiger partial charge >= 0.3 is 0 Å². The Bertz CT molecular complexity index is 654. The van der Waals surface area contributed by atoms with Gasteiger partial charge < -0.3 is 10.3 Å². The number of fused-ring (bicyclic) bond motifs is 1. The van der Waals surface area contributed by atoms with Crippen LogP contribution in [0.5, 0.6) is 0 Å². The van der Waals surface area contributed by atoms with Crippen LogP contribution < -0.4 is 5.32 Å². The maximum Gasteiger partial charge on any atom is 0.0798 e. The van der Waals surface area contributed by atoms with Crippen LogP contribution in [0.15, 0.2) is 36.0 Å². The molecule has 0 saturated carbocycles. The molecule has 18 heavy (non-hydrogen) atoms. The van der Waals surface area contributed by atoms with Crippen LogP contribution in [0.4, 0.5) is 0 Å². The molecule has 2 N–H and O–H groups in total. The second-order valence-electron chi connectivity index (χ2n) is 4.32. The van der Waals surface area contributed by atoms with Crippen LogP contribution >= 0.6 is 11.3 Å². The Morgan fingerprint density at radius 2 is 2.17 bits per heavy atom. The van der Waals surface area contributed by atoms with E-state index >= 15 is 0 Å². The van der Waals surface area contributed by atoms with E-state index in [1.54, 1.807) is 11.3 Å². The lowest BCUT2D eigenvalue weighted by molar-refractivity contribution is 0.700. The molecule has 0 amide bonds. The summed E-state index contributed by atoms with van der Waals surface area (Å²) in [6.45, 7) is 3.82. The van der Waals surface area contributed by atoms with E-state index in [0.717, 1.165) is 18.8 Å². The summed E-state index contributed by atoms with van der Waals surface area (Å²) in [4.78, 5) is 8.86. The molecule has 3 nitrogen and oxygen atoms in total. The zero-order chi connectivity index (χ0) is 12.4. The first kappa shape index (κ1) is 11.4. The van der Waals surface area contributed by atoms with Crippen LogP contribution in [-0.4, -0.2) is 9.97 Å². The van der Waals surface area contributed by atoms with Crippen molar-refractivity contribution in [1.29, 1.82) is 0 Å². The fourth-order valence-corrected chi connectivity index (χ4v) is 2.83. The molecule has 0 spiro atoms. The second kappa shape index (κ2) is 4.92. The maximum absolute atomic E-state index is 4.25. The Morgan fingerprint density at radius 1 is 1.28 bits per heavy atom. The van der Waals surface area contributed by atoms with Crippen LogP contribution in [0.1, 0.15) is 16.1 Å². The number of aromatic nitrogens is 2. The van der Waals surface area contributed by atoms with Crippen molar-refractivity contribution in [3.05, 3.63) is 52.1 Å². The van der Waals surface area contributed by atoms with Gasteiger partial charge in [-0.2, -0.15) is 0 Å². The van der Waals surface area contributed by atoms with E-state index in [0.29, 0.717) is 0 Å². The summed E-state index contributed by atoms with van der Waals surface area (Å²) in [6, 6.07) is 8.39. The van der Waals surface area contributed by atoms with E-state index in [-0.39, 0.29) is 0 Å². The van der Waals surface area contributed by atoms with Gasteiger partial charge in [-0.05, 0) is 18.6 Å². The molecule has 2 heterocycles. The molecule has 1 aromatic carbocycles. The zero-order valence-electron chi connectivity index (χ0n) is 10.2. The van der Waals surface area contributed by atoms with Crippen molar-refractivity contribution in [2.75, 3.05) is 0 Å². The van der Waals surface area contributed by atoms with Gasteiger partial charge in [-0.15, -0.1) is 11.3 Å². The summed E-state index contributed by atoms with van der Waals surface area (Å²) in [5.74, 6) is 0. The predicted octanol–water partition coefficient (Wildman–Crippen LogP) is 3.22. The fourth-order valence-electron chi connectivity index (χ4n) is 2.08. The molecular weight excluding hydrogens is 242 g/mol. The van der Waals surface area contributed by atoms with Gasteiger partial charge in [0.25, 0.3) is 0 Å². The number of H-pyrrole nitrogens is 1. The molecular formula is C14H15N3S. The molecule has 0 radical (unpaired) electrons. The summed E-state index contributed by atoms with van der Waals surface area (Å²) in [7, 11) is 0. The van der Waals surface area contributed by atoms with E-state index in [2.05, 4.69) is 52.7 Å². The van der Waals surface area contributed by atoms with Crippen LogP contribution in [0.3, 0.4) is 0 Å². The minimum Gasteiger partial charge on any atom is -0.361 e. The molecule has 0 bridgehead atoms. The number of hydrogen-bond acceptors (Lipinski definition) is 3. The molecule has 0 atom stereocenters. The monoisotopic (exact) mass is 257 g/mol. The van der Waals surface area contributed by atoms with Gasteiger partial charge in [0, 0.05) is 35.1 Å². The topological polar surface area (TPSA) is 40.7 Å². The number of aromatic amines is 1. The Hall–Kier alpha value is -1.65. The first-order valence-electron chi connectivity index (χ1n) is 5.99. The highest BCUT2D eigenvalue weighted by Crippen LogP contribution is 2.18. The second-order valence-corrected chi connectivity index (χ2v) is 5.26. The molecule has 0 fully saturated rings. The van der Waals surface area contributed by atoms with Gasteiger partial charge in [-0.1, -0.05) is 18.2 Å². The van der Waals surface area contributed by atoms with Crippen LogP contribution in [0, 0.1) is 6.92 Å². The highest BCUT2D eigenvalue weighted by atomic mass is 32.1. The number of para-hydroxylation sites is 1. The third-order valence-corrected chi connectivity index (χ3v) is 4.06. The van der Waals surface area contributed by atoms with Gasteiger partial charge in [-0.3, -0.25) is 0 Å². The summed E-state index contributed by atoms with van der Waals surface area (Å²) < 4.78 is 0. The van der Waals surface area contributed by atoms with Crippen molar-refractivity contribution >= 4 is 22.2 Å². The number of hydrogen-bond donors (Lipinski definition) is 2. The van der Waals surface area contributed by atoms with Gasteiger partial charge in [0.15, 0.2) is 0 Å². The summed E-state index contributed by atoms with van der Waals surface area (Å²) in [5, 5.41) is 4.77. The van der Waals surface area contributed by atoms with Crippen LogP contribution in [0.2, 0.25) is 0 Å². The molecule has 0 saturated heterocycles. The number of rotatable bonds is 4. The molecule has 4 heteroatoms. The SMILES string of the molecule is Cc1ncsc1CNCc1c[nH]c2ccccc12. The van der Waals surface area contributed by atoms with E-state index in [1.807, 2.05) is 5.51 Å². The molecule has 2 aromatic heterocycles. The minimum absolute atomic E-state index is 0.876. The van der Waals surface area contributed by atoms with Gasteiger partial charge in [-0.25, -0.2) is 4.98 Å². The average molecular weight is 257 g/mol. The van der Waals surface area contributed by atoms with Gasteiger partial charge in [0.1, 0.15) is 0 Å². The third-order valence-electron chi connectivity index (χ3n) is 3.12. The van der Waals surface area contributed by atoms with Crippen LogP contribution in [-0.2, 0) is 13.1 Å². The molecule has 3 aromatic rings. The quantitative estimate of drug-likeness (QED) is 0.753. The Kier molecular flexibility index (Phi) is 3.13. The van der Waals surface area contributed by atoms with Crippen molar-refractivity contribution in [3.8, 4) is 0 Å². The third kappa shape index (κ3) is 2.17. The molecule has 0 unspecified atom stereocenters. The smallest absolute Gasteiger partial charge is 0.0798 e. The largest absolute Gasteiger partial charge is 0.361 e. The number of aryl methyl sites for hydroxylation is 1. The Morgan fingerprint density at radius 3 is 3.00 bits per heavy atom. The zero-order valence-corrected chi connectivity index (χ0v) is 11.1. The van der Waals surface area contributed by atoms with Crippen molar-refractivity contribution in [1.82, 2.24) is 15.3 Å². The summed E-state index contributed by atoms with van der Waals surface area (Å²) in [5.41, 5.74) is 5.54. The molecule has 92 valence electrons. The number of thiazole rings is 1. The molecule has 3 rings (SSSR count). The Labute approximate surface area is 110 Å². The predicted molar refractivity (Wildman–Crippen MR) is 75.7 cm³/mol. The highest BCUT2D eigenvalue weighted by molar-refractivity contribution is 7.09. The number of nitrogens with zero attached hydrogens (tertiary/aromatic N) is 1. The van der Waals surface area contributed by atoms with Crippen molar-refractivity contribution in [2.45, 2.75) is 20.0 Å². The highest BCUT2D eigenvalue weighted by Gasteiger charge is 2.04. The fraction of sp³-hybridized carbons (Fsp3) is 0.214.